The average Bonchev–Trinajstić information content (AvgIpc) is 2.27. The van der Waals surface area contributed by atoms with Crippen LogP contribution in [-0.4, -0.2) is 17.7 Å². The molecule has 1 aliphatic heterocycles. The lowest BCUT2D eigenvalue weighted by atomic mass is 9.94. The zero-order valence-electron chi connectivity index (χ0n) is 7.06. The van der Waals surface area contributed by atoms with E-state index in [1.54, 1.807) is 0 Å². The molecule has 0 aromatic heterocycles. The first-order chi connectivity index (χ1) is 6.09. The summed E-state index contributed by atoms with van der Waals surface area (Å²) in [7, 11) is 0. The molecule has 0 aromatic carbocycles. The summed E-state index contributed by atoms with van der Waals surface area (Å²) < 4.78 is 1.02. The molecule has 1 unspecified atom stereocenters. The van der Waals surface area contributed by atoms with Crippen molar-refractivity contribution in [3.05, 3.63) is 21.7 Å². The molecule has 0 bridgehead atoms. The Morgan fingerprint density at radius 3 is 2.92 bits per heavy atom. The summed E-state index contributed by atoms with van der Waals surface area (Å²) in [5, 5.41) is 2.65. The van der Waals surface area contributed by atoms with Gasteiger partial charge in [0.15, 0.2) is 0 Å². The van der Waals surface area contributed by atoms with Crippen LogP contribution >= 0.6 is 15.9 Å². The van der Waals surface area contributed by atoms with E-state index in [4.69, 9.17) is 0 Å². The number of nitrogens with one attached hydrogen (secondary N) is 1. The predicted octanol–water partition coefficient (Wildman–Crippen LogP) is 1.05. The molecular formula is C9H8BrNO2. The number of halogens is 1. The molecule has 0 saturated carbocycles. The first-order valence-electron chi connectivity index (χ1n) is 4.01. The third-order valence-electron chi connectivity index (χ3n) is 2.30. The van der Waals surface area contributed by atoms with Gasteiger partial charge in [0, 0.05) is 12.0 Å². The van der Waals surface area contributed by atoms with Crippen LogP contribution in [0, 0.1) is 0 Å². The first-order valence-corrected chi connectivity index (χ1v) is 4.81. The number of carbonyl (C=O) groups is 2. The van der Waals surface area contributed by atoms with Gasteiger partial charge in [-0.1, -0.05) is 15.9 Å². The van der Waals surface area contributed by atoms with Crippen molar-refractivity contribution in [2.45, 2.75) is 19.4 Å². The maximum Gasteiger partial charge on any atom is 0.292 e. The lowest BCUT2D eigenvalue weighted by Crippen LogP contribution is -2.27. The second-order valence-electron chi connectivity index (χ2n) is 3.25. The molecule has 1 atom stereocenters. The number of fused-ring (bicyclic) bond motifs is 1. The van der Waals surface area contributed by atoms with Gasteiger partial charge in [-0.3, -0.25) is 9.59 Å². The fourth-order valence-electron chi connectivity index (χ4n) is 1.75. The van der Waals surface area contributed by atoms with E-state index < -0.39 is 5.91 Å². The Morgan fingerprint density at radius 2 is 2.23 bits per heavy atom. The van der Waals surface area contributed by atoms with E-state index >= 15 is 0 Å². The Labute approximate surface area is 84.0 Å². The normalized spacial score (nSPS) is 27.2. The molecule has 1 saturated heterocycles. The Morgan fingerprint density at radius 1 is 1.54 bits per heavy atom. The molecule has 13 heavy (non-hydrogen) atoms. The van der Waals surface area contributed by atoms with Gasteiger partial charge in [0.1, 0.15) is 0 Å². The fraction of sp³-hybridized carbons (Fsp3) is 0.333. The van der Waals surface area contributed by atoms with Gasteiger partial charge in [0.2, 0.25) is 5.78 Å². The number of hydrogen-bond donors (Lipinski definition) is 1. The Hall–Kier alpha value is -0.900. The van der Waals surface area contributed by atoms with E-state index in [2.05, 4.69) is 21.2 Å². The zero-order chi connectivity index (χ0) is 9.59. The molecule has 0 radical (unpaired) electrons. The maximum atomic E-state index is 11.3. The molecule has 2 rings (SSSR count). The van der Waals surface area contributed by atoms with Crippen LogP contribution in [0.2, 0.25) is 0 Å². The number of Topliss-reactive ketones (excluding diaryl/α,β-unsaturated/α-hetero) is 1. The predicted molar refractivity (Wildman–Crippen MR) is 51.3 cm³/mol. The summed E-state index contributed by atoms with van der Waals surface area (Å²) >= 11 is 3.37. The number of ketones is 1. The van der Waals surface area contributed by atoms with Crippen LogP contribution in [0.25, 0.3) is 0 Å². The number of allylic oxidation sites excluding steroid dienone is 2. The van der Waals surface area contributed by atoms with E-state index in [9.17, 15) is 9.59 Å². The quantitative estimate of drug-likeness (QED) is 0.645. The Kier molecular flexibility index (Phi) is 1.87. The van der Waals surface area contributed by atoms with Crippen LogP contribution in [0.4, 0.5) is 0 Å². The van der Waals surface area contributed by atoms with Crippen molar-refractivity contribution in [1.82, 2.24) is 5.32 Å². The highest BCUT2D eigenvalue weighted by Gasteiger charge is 2.38. The molecule has 1 aliphatic carbocycles. The van der Waals surface area contributed by atoms with Crippen LogP contribution in [-0.2, 0) is 9.59 Å². The lowest BCUT2D eigenvalue weighted by Gasteiger charge is -2.16. The third-order valence-corrected chi connectivity index (χ3v) is 2.85. The minimum absolute atomic E-state index is 0.112. The summed E-state index contributed by atoms with van der Waals surface area (Å²) in [6.45, 7) is 1.85. The van der Waals surface area contributed by atoms with Crippen molar-refractivity contribution in [1.29, 1.82) is 0 Å². The molecule has 1 heterocycles. The maximum absolute atomic E-state index is 11.3. The summed E-state index contributed by atoms with van der Waals surface area (Å²) in [6, 6.07) is -0.112. The van der Waals surface area contributed by atoms with Gasteiger partial charge in [0.25, 0.3) is 5.91 Å². The highest BCUT2D eigenvalue weighted by Crippen LogP contribution is 2.30. The zero-order valence-corrected chi connectivity index (χ0v) is 8.64. The molecular weight excluding hydrogens is 234 g/mol. The van der Waals surface area contributed by atoms with Gasteiger partial charge in [-0.15, -0.1) is 0 Å². The van der Waals surface area contributed by atoms with Gasteiger partial charge in [0.05, 0.1) is 6.04 Å². The van der Waals surface area contributed by atoms with E-state index in [0.717, 1.165) is 10.1 Å². The van der Waals surface area contributed by atoms with Gasteiger partial charge in [-0.25, -0.2) is 0 Å². The molecule has 2 aliphatic rings. The SMILES string of the molecule is CC1=C2C(=O)C(=O)NC2CC(Br)=C1. The molecule has 4 heteroatoms. The minimum Gasteiger partial charge on any atom is -0.342 e. The number of amides is 1. The molecule has 1 amide bonds. The fourth-order valence-corrected chi connectivity index (χ4v) is 2.42. The van der Waals surface area contributed by atoms with E-state index in [1.807, 2.05) is 13.0 Å². The monoisotopic (exact) mass is 241 g/mol. The smallest absolute Gasteiger partial charge is 0.292 e. The second kappa shape index (κ2) is 2.80. The van der Waals surface area contributed by atoms with Gasteiger partial charge >= 0.3 is 0 Å². The topological polar surface area (TPSA) is 46.2 Å². The molecule has 0 spiro atoms. The van der Waals surface area contributed by atoms with Gasteiger partial charge in [-0.05, 0) is 23.1 Å². The van der Waals surface area contributed by atoms with Crippen LogP contribution in [0.1, 0.15) is 13.3 Å². The van der Waals surface area contributed by atoms with Crippen LogP contribution in [0.5, 0.6) is 0 Å². The van der Waals surface area contributed by atoms with Crippen LogP contribution in [0.3, 0.4) is 0 Å². The van der Waals surface area contributed by atoms with Gasteiger partial charge < -0.3 is 5.32 Å². The average molecular weight is 242 g/mol. The summed E-state index contributed by atoms with van der Waals surface area (Å²) in [6.07, 6.45) is 2.58. The minimum atomic E-state index is -0.477. The second-order valence-corrected chi connectivity index (χ2v) is 4.27. The van der Waals surface area contributed by atoms with Gasteiger partial charge in [-0.2, -0.15) is 0 Å². The Bertz CT molecular complexity index is 368. The van der Waals surface area contributed by atoms with Crippen molar-refractivity contribution in [3.8, 4) is 0 Å². The molecule has 3 nitrogen and oxygen atoms in total. The van der Waals surface area contributed by atoms with E-state index in [1.165, 1.54) is 0 Å². The van der Waals surface area contributed by atoms with Crippen LogP contribution < -0.4 is 5.32 Å². The largest absolute Gasteiger partial charge is 0.342 e. The van der Waals surface area contributed by atoms with Crippen molar-refractivity contribution >= 4 is 27.6 Å². The summed E-state index contributed by atoms with van der Waals surface area (Å²) in [5.74, 6) is -0.853. The van der Waals surface area contributed by atoms with Crippen molar-refractivity contribution in [2.75, 3.05) is 0 Å². The third kappa shape index (κ3) is 1.25. The first kappa shape index (κ1) is 8.69. The molecule has 1 fully saturated rings. The number of carbonyl (C=O) groups excluding carboxylic acids is 2. The highest BCUT2D eigenvalue weighted by molar-refractivity contribution is 9.11. The number of rotatable bonds is 0. The molecule has 68 valence electrons. The van der Waals surface area contributed by atoms with E-state index in [-0.39, 0.29) is 11.8 Å². The molecule has 1 N–H and O–H groups in total. The van der Waals surface area contributed by atoms with Crippen LogP contribution in [0.15, 0.2) is 21.7 Å². The van der Waals surface area contributed by atoms with Crippen molar-refractivity contribution in [2.24, 2.45) is 0 Å². The molecule has 0 aromatic rings. The summed E-state index contributed by atoms with van der Waals surface area (Å²) in [4.78, 5) is 22.4. The Balaban J connectivity index is 2.49. The standard InChI is InChI=1S/C9H8BrNO2/c1-4-2-5(10)3-6-7(4)8(12)9(13)11-6/h2,6H,3H2,1H3,(H,11,13). The highest BCUT2D eigenvalue weighted by atomic mass is 79.9. The summed E-state index contributed by atoms with van der Waals surface area (Å²) in [5.41, 5.74) is 1.51. The van der Waals surface area contributed by atoms with Crippen molar-refractivity contribution in [3.63, 3.8) is 0 Å². The number of hydrogen-bond acceptors (Lipinski definition) is 2. The lowest BCUT2D eigenvalue weighted by molar-refractivity contribution is -0.133. The van der Waals surface area contributed by atoms with E-state index in [0.29, 0.717) is 12.0 Å². The van der Waals surface area contributed by atoms with Crippen molar-refractivity contribution < 1.29 is 9.59 Å².